The van der Waals surface area contributed by atoms with Crippen LogP contribution in [0.3, 0.4) is 0 Å². The number of nitrogens with one attached hydrogen (secondary N) is 1. The van der Waals surface area contributed by atoms with Gasteiger partial charge in [0.05, 0.1) is 0 Å². The quantitative estimate of drug-likeness (QED) is 0.339. The maximum atomic E-state index is 11.5. The van der Waals surface area contributed by atoms with E-state index in [1.165, 1.54) is 64.2 Å². The van der Waals surface area contributed by atoms with Crippen LogP contribution in [0.1, 0.15) is 90.9 Å². The second-order valence-corrected chi connectivity index (χ2v) is 6.21. The first-order valence-electron chi connectivity index (χ1n) is 8.21. The second kappa shape index (κ2) is 15.9. The zero-order valence-electron chi connectivity index (χ0n) is 13.0. The van der Waals surface area contributed by atoms with Gasteiger partial charge in [-0.25, -0.2) is 0 Å². The second-order valence-electron chi connectivity index (χ2n) is 5.31. The summed E-state index contributed by atoms with van der Waals surface area (Å²) in [6, 6.07) is 0. The molecule has 1 amide bonds. The first kappa shape index (κ1) is 18.8. The van der Waals surface area contributed by atoms with Gasteiger partial charge in [-0.05, 0) is 12.8 Å². The minimum Gasteiger partial charge on any atom is -0.300 e. The topological polar surface area (TPSA) is 29.1 Å². The van der Waals surface area contributed by atoms with Gasteiger partial charge in [0.25, 0.3) is 0 Å². The van der Waals surface area contributed by atoms with Crippen LogP contribution < -0.4 is 4.72 Å². The first-order chi connectivity index (χ1) is 9.31. The van der Waals surface area contributed by atoms with Crippen LogP contribution in [-0.2, 0) is 4.79 Å². The van der Waals surface area contributed by atoms with Crippen molar-refractivity contribution < 1.29 is 4.79 Å². The Morgan fingerprint density at radius 2 is 1.32 bits per heavy atom. The third kappa shape index (κ3) is 15.8. The lowest BCUT2D eigenvalue weighted by molar-refractivity contribution is -0.119. The van der Waals surface area contributed by atoms with Crippen LogP contribution >= 0.6 is 11.9 Å². The van der Waals surface area contributed by atoms with Crippen LogP contribution in [0.25, 0.3) is 0 Å². The molecule has 0 atom stereocenters. The molecule has 0 aromatic carbocycles. The van der Waals surface area contributed by atoms with E-state index in [9.17, 15) is 4.79 Å². The van der Waals surface area contributed by atoms with Crippen LogP contribution in [0.2, 0.25) is 0 Å². The molecule has 0 fully saturated rings. The minimum absolute atomic E-state index is 0.217. The van der Waals surface area contributed by atoms with Crippen LogP contribution in [0.4, 0.5) is 0 Å². The third-order valence-electron chi connectivity index (χ3n) is 3.29. The number of amides is 1. The fraction of sp³-hybridized carbons (Fsp3) is 0.938. The number of hydrogen-bond donors (Lipinski definition) is 1. The predicted molar refractivity (Wildman–Crippen MR) is 87.4 cm³/mol. The fourth-order valence-corrected chi connectivity index (χ4v) is 2.74. The molecule has 3 heteroatoms. The number of unbranched alkanes of at least 4 members (excludes halogenated alkanes) is 9. The van der Waals surface area contributed by atoms with Gasteiger partial charge in [0.2, 0.25) is 5.91 Å². The molecular weight excluding hydrogens is 254 g/mol. The van der Waals surface area contributed by atoms with Gasteiger partial charge < -0.3 is 4.72 Å². The largest absolute Gasteiger partial charge is 0.300 e. The molecule has 0 saturated carbocycles. The summed E-state index contributed by atoms with van der Waals surface area (Å²) in [5.74, 6) is 1.28. The molecule has 0 radical (unpaired) electrons. The van der Waals surface area contributed by atoms with Gasteiger partial charge in [0.15, 0.2) is 0 Å². The van der Waals surface area contributed by atoms with E-state index in [0.717, 1.165) is 12.2 Å². The highest BCUT2D eigenvalue weighted by Gasteiger charge is 2.00. The lowest BCUT2D eigenvalue weighted by Crippen LogP contribution is -2.15. The molecule has 0 aromatic heterocycles. The van der Waals surface area contributed by atoms with E-state index < -0.39 is 0 Å². The molecule has 0 rings (SSSR count). The average Bonchev–Trinajstić information content (AvgIpc) is 2.41. The molecule has 0 bridgehead atoms. The zero-order valence-corrected chi connectivity index (χ0v) is 13.8. The Bertz CT molecular complexity index is 197. The highest BCUT2D eigenvalue weighted by Crippen LogP contribution is 2.09. The van der Waals surface area contributed by atoms with Gasteiger partial charge in [-0.3, -0.25) is 4.79 Å². The van der Waals surface area contributed by atoms with Crippen molar-refractivity contribution in [2.24, 2.45) is 0 Å². The van der Waals surface area contributed by atoms with Gasteiger partial charge >= 0.3 is 0 Å². The van der Waals surface area contributed by atoms with E-state index in [1.54, 1.807) is 11.9 Å². The summed E-state index contributed by atoms with van der Waals surface area (Å²) in [6.45, 7) is 4.46. The Balaban J connectivity index is 3.13. The van der Waals surface area contributed by atoms with E-state index >= 15 is 0 Å². The van der Waals surface area contributed by atoms with Crippen molar-refractivity contribution in [3.8, 4) is 0 Å². The summed E-state index contributed by atoms with van der Waals surface area (Å²) in [6.07, 6.45) is 14.7. The molecule has 0 saturated heterocycles. The minimum atomic E-state index is 0.217. The Kier molecular flexibility index (Phi) is 15.7. The van der Waals surface area contributed by atoms with Crippen molar-refractivity contribution in [1.29, 1.82) is 0 Å². The van der Waals surface area contributed by atoms with Crippen molar-refractivity contribution in [2.45, 2.75) is 90.9 Å². The highest BCUT2D eigenvalue weighted by molar-refractivity contribution is 7.97. The maximum Gasteiger partial charge on any atom is 0.229 e. The molecule has 0 spiro atoms. The molecule has 0 heterocycles. The highest BCUT2D eigenvalue weighted by atomic mass is 32.2. The van der Waals surface area contributed by atoms with Gasteiger partial charge in [0, 0.05) is 12.2 Å². The van der Waals surface area contributed by atoms with E-state index in [4.69, 9.17) is 0 Å². The van der Waals surface area contributed by atoms with Crippen molar-refractivity contribution in [2.75, 3.05) is 5.75 Å². The molecule has 114 valence electrons. The lowest BCUT2D eigenvalue weighted by Gasteiger charge is -2.04. The first-order valence-corrected chi connectivity index (χ1v) is 9.20. The van der Waals surface area contributed by atoms with Crippen LogP contribution in [0.15, 0.2) is 0 Å². The molecule has 1 N–H and O–H groups in total. The molecule has 0 unspecified atom stereocenters. The van der Waals surface area contributed by atoms with Crippen molar-refractivity contribution in [3.05, 3.63) is 0 Å². The molecule has 0 aliphatic carbocycles. The Morgan fingerprint density at radius 3 is 1.95 bits per heavy atom. The van der Waals surface area contributed by atoms with Crippen molar-refractivity contribution in [3.63, 3.8) is 0 Å². The predicted octanol–water partition coefficient (Wildman–Crippen LogP) is 5.47. The average molecular weight is 288 g/mol. The number of carbonyl (C=O) groups excluding carboxylic acids is 1. The van der Waals surface area contributed by atoms with E-state index in [2.05, 4.69) is 18.6 Å². The zero-order chi connectivity index (χ0) is 14.2. The molecule has 2 nitrogen and oxygen atoms in total. The number of carbonyl (C=O) groups is 1. The van der Waals surface area contributed by atoms with Crippen molar-refractivity contribution >= 4 is 17.9 Å². The Labute approximate surface area is 124 Å². The summed E-state index contributed by atoms with van der Waals surface area (Å²) in [5.41, 5.74) is 0. The van der Waals surface area contributed by atoms with Gasteiger partial charge in [-0.1, -0.05) is 83.6 Å². The molecule has 0 aliphatic heterocycles. The summed E-state index contributed by atoms with van der Waals surface area (Å²) in [4.78, 5) is 11.5. The smallest absolute Gasteiger partial charge is 0.229 e. The SMILES string of the molecule is CCCCCCCCCC(=O)NSCCCCCC. The lowest BCUT2D eigenvalue weighted by atomic mass is 10.1. The van der Waals surface area contributed by atoms with Crippen LogP contribution in [-0.4, -0.2) is 11.7 Å². The van der Waals surface area contributed by atoms with E-state index in [0.29, 0.717) is 6.42 Å². The summed E-state index contributed by atoms with van der Waals surface area (Å²) >= 11 is 1.59. The van der Waals surface area contributed by atoms with Gasteiger partial charge in [-0.2, -0.15) is 0 Å². The number of hydrogen-bond acceptors (Lipinski definition) is 2. The standard InChI is InChI=1S/C16H33NOS/c1-3-5-7-9-10-11-12-14-16(18)17-19-15-13-8-6-4-2/h3-15H2,1-2H3,(H,17,18). The summed E-state index contributed by atoms with van der Waals surface area (Å²) in [5, 5.41) is 0. The summed E-state index contributed by atoms with van der Waals surface area (Å²) in [7, 11) is 0. The third-order valence-corrected chi connectivity index (χ3v) is 4.16. The molecule has 19 heavy (non-hydrogen) atoms. The molecular formula is C16H33NOS. The maximum absolute atomic E-state index is 11.5. The summed E-state index contributed by atoms with van der Waals surface area (Å²) < 4.78 is 2.95. The normalized spacial score (nSPS) is 10.6. The monoisotopic (exact) mass is 287 g/mol. The van der Waals surface area contributed by atoms with E-state index in [1.807, 2.05) is 0 Å². The van der Waals surface area contributed by atoms with Gasteiger partial charge in [0.1, 0.15) is 0 Å². The Hall–Kier alpha value is -0.180. The van der Waals surface area contributed by atoms with Crippen LogP contribution in [0.5, 0.6) is 0 Å². The van der Waals surface area contributed by atoms with Crippen LogP contribution in [0, 0.1) is 0 Å². The van der Waals surface area contributed by atoms with Crippen molar-refractivity contribution in [1.82, 2.24) is 4.72 Å². The molecule has 0 aromatic rings. The van der Waals surface area contributed by atoms with Gasteiger partial charge in [-0.15, -0.1) is 0 Å². The number of rotatable bonds is 14. The van der Waals surface area contributed by atoms with E-state index in [-0.39, 0.29) is 5.91 Å². The Morgan fingerprint density at radius 1 is 0.789 bits per heavy atom. The molecule has 0 aliphatic rings. The fourth-order valence-electron chi connectivity index (χ4n) is 2.03.